The van der Waals surface area contributed by atoms with Gasteiger partial charge < -0.3 is 14.6 Å². The maximum absolute atomic E-state index is 12.5. The molecule has 1 amide bonds. The molecule has 0 bridgehead atoms. The van der Waals surface area contributed by atoms with E-state index in [9.17, 15) is 9.59 Å². The number of nitrogens with one attached hydrogen (secondary N) is 1. The van der Waals surface area contributed by atoms with Crippen LogP contribution in [0.4, 0.5) is 0 Å². The molecule has 2 aromatic heterocycles. The summed E-state index contributed by atoms with van der Waals surface area (Å²) in [6, 6.07) is 5.32. The molecule has 1 fully saturated rings. The number of ether oxygens (including phenoxy) is 1. The molecule has 0 radical (unpaired) electrons. The highest BCUT2D eigenvalue weighted by atomic mass is 32.2. The lowest BCUT2D eigenvalue weighted by atomic mass is 9.86. The van der Waals surface area contributed by atoms with Gasteiger partial charge in [0.05, 0.1) is 11.3 Å². The summed E-state index contributed by atoms with van der Waals surface area (Å²) in [5, 5.41) is 7.45. The summed E-state index contributed by atoms with van der Waals surface area (Å²) in [7, 11) is 0. The van der Waals surface area contributed by atoms with Crippen molar-refractivity contribution in [1.29, 1.82) is 0 Å². The highest BCUT2D eigenvalue weighted by Gasteiger charge is 2.23. The van der Waals surface area contributed by atoms with Crippen molar-refractivity contribution in [1.82, 2.24) is 15.5 Å². The van der Waals surface area contributed by atoms with Gasteiger partial charge in [-0.25, -0.2) is 9.78 Å². The van der Waals surface area contributed by atoms with Crippen molar-refractivity contribution in [3.05, 3.63) is 41.4 Å². The number of aryl methyl sites for hydroxylation is 1. The molecule has 0 aromatic carbocycles. The van der Waals surface area contributed by atoms with Gasteiger partial charge in [-0.15, -0.1) is 0 Å². The van der Waals surface area contributed by atoms with Crippen LogP contribution in [0, 0.1) is 12.8 Å². The van der Waals surface area contributed by atoms with Gasteiger partial charge in [-0.1, -0.05) is 36.7 Å². The standard InChI is InChI=1S/C20H25N3O4S/c1-13-6-3-4-8-17(13)22-18(24)11-26-20(25)16-7-5-9-21-19(16)28-12-15-10-14(2)27-23-15/h5,7,9-10,13,17H,3-4,6,8,11-12H2,1-2H3,(H,22,24)/t13-,17-/m0/s1. The minimum atomic E-state index is -0.557. The third-order valence-electron chi connectivity index (χ3n) is 4.82. The lowest BCUT2D eigenvalue weighted by molar-refractivity contribution is -0.125. The summed E-state index contributed by atoms with van der Waals surface area (Å²) in [6.07, 6.45) is 6.04. The molecular formula is C20H25N3O4S. The Morgan fingerprint density at radius 3 is 2.93 bits per heavy atom. The van der Waals surface area contributed by atoms with Crippen LogP contribution in [0.3, 0.4) is 0 Å². The number of amides is 1. The first-order chi connectivity index (χ1) is 13.5. The Morgan fingerprint density at radius 2 is 2.18 bits per heavy atom. The summed E-state index contributed by atoms with van der Waals surface area (Å²) in [5.41, 5.74) is 1.11. The van der Waals surface area contributed by atoms with Gasteiger partial charge in [0.1, 0.15) is 10.8 Å². The molecule has 2 heterocycles. The number of hydrogen-bond acceptors (Lipinski definition) is 7. The maximum Gasteiger partial charge on any atom is 0.341 e. The van der Waals surface area contributed by atoms with Crippen molar-refractivity contribution < 1.29 is 18.8 Å². The zero-order valence-corrected chi connectivity index (χ0v) is 17.0. The monoisotopic (exact) mass is 403 g/mol. The van der Waals surface area contributed by atoms with E-state index in [-0.39, 0.29) is 18.6 Å². The van der Waals surface area contributed by atoms with Crippen molar-refractivity contribution in [3.63, 3.8) is 0 Å². The van der Waals surface area contributed by atoms with Crippen LogP contribution in [0.15, 0.2) is 33.9 Å². The summed E-state index contributed by atoms with van der Waals surface area (Å²) in [6.45, 7) is 3.68. The Balaban J connectivity index is 1.53. The number of thioether (sulfide) groups is 1. The van der Waals surface area contributed by atoms with Crippen molar-refractivity contribution in [3.8, 4) is 0 Å². The van der Waals surface area contributed by atoms with Crippen LogP contribution >= 0.6 is 11.8 Å². The van der Waals surface area contributed by atoms with Crippen LogP contribution in [0.2, 0.25) is 0 Å². The second kappa shape index (κ2) is 9.73. The summed E-state index contributed by atoms with van der Waals surface area (Å²) in [4.78, 5) is 28.9. The van der Waals surface area contributed by atoms with Gasteiger partial charge in [-0.2, -0.15) is 0 Å². The number of aromatic nitrogens is 2. The molecule has 0 saturated heterocycles. The molecule has 0 unspecified atom stereocenters. The van der Waals surface area contributed by atoms with E-state index in [2.05, 4.69) is 22.4 Å². The fourth-order valence-electron chi connectivity index (χ4n) is 3.28. The summed E-state index contributed by atoms with van der Waals surface area (Å²) >= 11 is 1.37. The molecule has 1 aliphatic rings. The Hall–Kier alpha value is -2.35. The van der Waals surface area contributed by atoms with Crippen LogP contribution in [-0.2, 0) is 15.3 Å². The molecule has 1 N–H and O–H groups in total. The molecule has 0 spiro atoms. The Morgan fingerprint density at radius 1 is 1.36 bits per heavy atom. The third-order valence-corrected chi connectivity index (χ3v) is 5.86. The van der Waals surface area contributed by atoms with Gasteiger partial charge in [0.25, 0.3) is 5.91 Å². The van der Waals surface area contributed by atoms with Gasteiger partial charge in [0, 0.05) is 24.1 Å². The molecule has 1 aliphatic carbocycles. The number of nitrogens with zero attached hydrogens (tertiary/aromatic N) is 2. The molecule has 3 rings (SSSR count). The fraction of sp³-hybridized carbons (Fsp3) is 0.500. The first-order valence-corrected chi connectivity index (χ1v) is 10.5. The fourth-order valence-corrected chi connectivity index (χ4v) is 4.14. The molecule has 1 saturated carbocycles. The quantitative estimate of drug-likeness (QED) is 0.558. The topological polar surface area (TPSA) is 94.3 Å². The van der Waals surface area contributed by atoms with Crippen LogP contribution < -0.4 is 5.32 Å². The molecule has 0 aliphatic heterocycles. The van der Waals surface area contributed by atoms with Crippen LogP contribution in [-0.4, -0.2) is 34.7 Å². The number of rotatable bonds is 7. The van der Waals surface area contributed by atoms with Crippen molar-refractivity contribution in [2.24, 2.45) is 5.92 Å². The van der Waals surface area contributed by atoms with Crippen molar-refractivity contribution in [2.75, 3.05) is 6.61 Å². The number of hydrogen-bond donors (Lipinski definition) is 1. The Kier molecular flexibility index (Phi) is 7.08. The minimum absolute atomic E-state index is 0.162. The van der Waals surface area contributed by atoms with E-state index in [1.54, 1.807) is 18.3 Å². The number of esters is 1. The normalized spacial score (nSPS) is 19.2. The summed E-state index contributed by atoms with van der Waals surface area (Å²) < 4.78 is 10.3. The first kappa shape index (κ1) is 20.4. The Bertz CT molecular complexity index is 823. The minimum Gasteiger partial charge on any atom is -0.452 e. The molecule has 28 heavy (non-hydrogen) atoms. The van der Waals surface area contributed by atoms with E-state index in [1.165, 1.54) is 18.2 Å². The average molecular weight is 404 g/mol. The third kappa shape index (κ3) is 5.58. The lowest BCUT2D eigenvalue weighted by Gasteiger charge is -2.29. The number of carbonyl (C=O) groups excluding carboxylic acids is 2. The highest BCUT2D eigenvalue weighted by molar-refractivity contribution is 7.98. The van der Waals surface area contributed by atoms with Gasteiger partial charge in [-0.05, 0) is 37.8 Å². The average Bonchev–Trinajstić information content (AvgIpc) is 3.12. The van der Waals surface area contributed by atoms with Gasteiger partial charge in [-0.3, -0.25) is 4.79 Å². The zero-order valence-electron chi connectivity index (χ0n) is 16.1. The molecule has 150 valence electrons. The van der Waals surface area contributed by atoms with E-state index >= 15 is 0 Å². The smallest absolute Gasteiger partial charge is 0.341 e. The van der Waals surface area contributed by atoms with E-state index in [4.69, 9.17) is 9.26 Å². The predicted octanol–water partition coefficient (Wildman–Crippen LogP) is 3.52. The second-order valence-electron chi connectivity index (χ2n) is 7.09. The largest absolute Gasteiger partial charge is 0.452 e. The van der Waals surface area contributed by atoms with Crippen LogP contribution in [0.1, 0.15) is 54.4 Å². The maximum atomic E-state index is 12.5. The molecule has 2 atom stereocenters. The SMILES string of the molecule is Cc1cc(CSc2ncccc2C(=O)OCC(=O)N[C@H]2CCCC[C@@H]2C)no1. The first-order valence-electron chi connectivity index (χ1n) is 9.49. The second-order valence-corrected chi connectivity index (χ2v) is 8.05. The Labute approximate surface area is 168 Å². The molecule has 2 aromatic rings. The van der Waals surface area contributed by atoms with E-state index in [1.807, 2.05) is 13.0 Å². The van der Waals surface area contributed by atoms with Gasteiger partial charge >= 0.3 is 5.97 Å². The van der Waals surface area contributed by atoms with Crippen molar-refractivity contribution in [2.45, 2.75) is 56.4 Å². The van der Waals surface area contributed by atoms with Gasteiger partial charge in [0.2, 0.25) is 0 Å². The lowest BCUT2D eigenvalue weighted by Crippen LogP contribution is -2.42. The molecule has 7 nitrogen and oxygen atoms in total. The molecular weight excluding hydrogens is 378 g/mol. The highest BCUT2D eigenvalue weighted by Crippen LogP contribution is 2.25. The number of pyridine rings is 1. The summed E-state index contributed by atoms with van der Waals surface area (Å²) in [5.74, 6) is 0.890. The van der Waals surface area contributed by atoms with Crippen LogP contribution in [0.5, 0.6) is 0 Å². The van der Waals surface area contributed by atoms with Crippen molar-refractivity contribution >= 4 is 23.6 Å². The van der Waals surface area contributed by atoms with E-state index in [0.717, 1.165) is 30.7 Å². The van der Waals surface area contributed by atoms with Crippen LogP contribution in [0.25, 0.3) is 0 Å². The number of carbonyl (C=O) groups is 2. The van der Waals surface area contributed by atoms with E-state index < -0.39 is 5.97 Å². The van der Waals surface area contributed by atoms with E-state index in [0.29, 0.717) is 22.3 Å². The van der Waals surface area contributed by atoms with Gasteiger partial charge in [0.15, 0.2) is 6.61 Å². The molecule has 8 heteroatoms. The predicted molar refractivity (Wildman–Crippen MR) is 105 cm³/mol. The zero-order chi connectivity index (χ0) is 19.9.